The summed E-state index contributed by atoms with van der Waals surface area (Å²) < 4.78 is 0. The number of rotatable bonds is 4. The van der Waals surface area contributed by atoms with E-state index >= 15 is 0 Å². The highest BCUT2D eigenvalue weighted by Crippen LogP contribution is 2.26. The van der Waals surface area contributed by atoms with Crippen molar-refractivity contribution in [1.82, 2.24) is 5.32 Å². The standard InChI is InChI=1S/C15H23NO/c1-12(14-9-5-6-10-15(14)17)16-11-13-7-3-2-4-8-13/h5-6,9-10,12-13,16-17H,2-4,7-8,11H2,1H3. The third kappa shape index (κ3) is 3.47. The summed E-state index contributed by atoms with van der Waals surface area (Å²) in [5.74, 6) is 1.23. The summed E-state index contributed by atoms with van der Waals surface area (Å²) in [5, 5.41) is 13.3. The van der Waals surface area contributed by atoms with Crippen molar-refractivity contribution in [3.63, 3.8) is 0 Å². The maximum Gasteiger partial charge on any atom is 0.120 e. The van der Waals surface area contributed by atoms with Gasteiger partial charge in [-0.15, -0.1) is 0 Å². The molecule has 0 aliphatic heterocycles. The van der Waals surface area contributed by atoms with Crippen molar-refractivity contribution in [2.45, 2.75) is 45.1 Å². The van der Waals surface area contributed by atoms with Crippen LogP contribution in [0.2, 0.25) is 0 Å². The molecular weight excluding hydrogens is 210 g/mol. The highest BCUT2D eigenvalue weighted by molar-refractivity contribution is 5.34. The van der Waals surface area contributed by atoms with E-state index in [1.54, 1.807) is 6.07 Å². The van der Waals surface area contributed by atoms with Crippen LogP contribution in [0, 0.1) is 5.92 Å². The molecule has 1 unspecified atom stereocenters. The van der Waals surface area contributed by atoms with Crippen molar-refractivity contribution in [3.8, 4) is 5.75 Å². The Labute approximate surface area is 104 Å². The Kier molecular flexibility index (Phi) is 4.43. The Morgan fingerprint density at radius 3 is 2.65 bits per heavy atom. The highest BCUT2D eigenvalue weighted by atomic mass is 16.3. The van der Waals surface area contributed by atoms with Crippen LogP contribution in [0.4, 0.5) is 0 Å². The number of nitrogens with one attached hydrogen (secondary N) is 1. The van der Waals surface area contributed by atoms with Crippen LogP contribution >= 0.6 is 0 Å². The van der Waals surface area contributed by atoms with E-state index in [4.69, 9.17) is 0 Å². The van der Waals surface area contributed by atoms with Gasteiger partial charge in [-0.1, -0.05) is 37.5 Å². The minimum Gasteiger partial charge on any atom is -0.508 e. The minimum absolute atomic E-state index is 0.234. The molecule has 1 aliphatic carbocycles. The summed E-state index contributed by atoms with van der Waals surface area (Å²) in [6, 6.07) is 7.83. The van der Waals surface area contributed by atoms with Gasteiger partial charge in [-0.2, -0.15) is 0 Å². The molecule has 2 rings (SSSR count). The van der Waals surface area contributed by atoms with E-state index in [1.165, 1.54) is 32.1 Å². The summed E-state index contributed by atoms with van der Waals surface area (Å²) in [6.45, 7) is 3.20. The molecule has 2 N–H and O–H groups in total. The van der Waals surface area contributed by atoms with E-state index in [2.05, 4.69) is 12.2 Å². The van der Waals surface area contributed by atoms with Crippen LogP contribution in [0.5, 0.6) is 5.75 Å². The van der Waals surface area contributed by atoms with Crippen molar-refractivity contribution in [2.24, 2.45) is 5.92 Å². The average molecular weight is 233 g/mol. The topological polar surface area (TPSA) is 32.3 Å². The van der Waals surface area contributed by atoms with Gasteiger partial charge in [-0.25, -0.2) is 0 Å². The van der Waals surface area contributed by atoms with E-state index in [0.29, 0.717) is 5.75 Å². The Morgan fingerprint density at radius 2 is 1.94 bits per heavy atom. The summed E-state index contributed by atoms with van der Waals surface area (Å²) in [7, 11) is 0. The van der Waals surface area contributed by atoms with Crippen LogP contribution in [0.25, 0.3) is 0 Å². The Morgan fingerprint density at radius 1 is 1.24 bits per heavy atom. The second-order valence-electron chi connectivity index (χ2n) is 5.19. The Hall–Kier alpha value is -1.02. The van der Waals surface area contributed by atoms with Crippen LogP contribution in [-0.2, 0) is 0 Å². The predicted molar refractivity (Wildman–Crippen MR) is 71.1 cm³/mol. The predicted octanol–water partition coefficient (Wildman–Crippen LogP) is 3.62. The monoisotopic (exact) mass is 233 g/mol. The lowest BCUT2D eigenvalue weighted by Gasteiger charge is -2.24. The number of benzene rings is 1. The summed E-state index contributed by atoms with van der Waals surface area (Å²) in [6.07, 6.45) is 6.90. The van der Waals surface area contributed by atoms with Crippen molar-refractivity contribution in [3.05, 3.63) is 29.8 Å². The highest BCUT2D eigenvalue weighted by Gasteiger charge is 2.15. The molecule has 94 valence electrons. The zero-order valence-corrected chi connectivity index (χ0v) is 10.7. The third-order valence-electron chi connectivity index (χ3n) is 3.84. The fraction of sp³-hybridized carbons (Fsp3) is 0.600. The zero-order chi connectivity index (χ0) is 12.1. The maximum atomic E-state index is 9.78. The summed E-state index contributed by atoms with van der Waals surface area (Å²) in [5.41, 5.74) is 1.00. The van der Waals surface area contributed by atoms with Gasteiger partial charge < -0.3 is 10.4 Å². The van der Waals surface area contributed by atoms with Gasteiger partial charge >= 0.3 is 0 Å². The summed E-state index contributed by atoms with van der Waals surface area (Å²) >= 11 is 0. The Balaban J connectivity index is 1.84. The first-order valence-corrected chi connectivity index (χ1v) is 6.78. The van der Waals surface area contributed by atoms with Crippen molar-refractivity contribution in [2.75, 3.05) is 6.54 Å². The number of aromatic hydroxyl groups is 1. The molecule has 1 fully saturated rings. The molecule has 2 heteroatoms. The third-order valence-corrected chi connectivity index (χ3v) is 3.84. The smallest absolute Gasteiger partial charge is 0.120 e. The first kappa shape index (κ1) is 12.4. The number of hydrogen-bond acceptors (Lipinski definition) is 2. The van der Waals surface area contributed by atoms with Crippen LogP contribution in [0.1, 0.15) is 50.6 Å². The van der Waals surface area contributed by atoms with E-state index in [-0.39, 0.29) is 6.04 Å². The van der Waals surface area contributed by atoms with Crippen molar-refractivity contribution in [1.29, 1.82) is 0 Å². The van der Waals surface area contributed by atoms with Gasteiger partial charge in [0.15, 0.2) is 0 Å². The van der Waals surface area contributed by atoms with Gasteiger partial charge in [0.2, 0.25) is 0 Å². The zero-order valence-electron chi connectivity index (χ0n) is 10.7. The molecule has 0 amide bonds. The second-order valence-corrected chi connectivity index (χ2v) is 5.19. The molecule has 1 aliphatic rings. The largest absolute Gasteiger partial charge is 0.508 e. The van der Waals surface area contributed by atoms with Gasteiger partial charge in [0.25, 0.3) is 0 Å². The van der Waals surface area contributed by atoms with Crippen molar-refractivity contribution < 1.29 is 5.11 Å². The van der Waals surface area contributed by atoms with Gasteiger partial charge in [-0.3, -0.25) is 0 Å². The fourth-order valence-electron chi connectivity index (χ4n) is 2.70. The second kappa shape index (κ2) is 6.06. The molecule has 0 heterocycles. The normalized spacial score (nSPS) is 19.1. The van der Waals surface area contributed by atoms with Crippen molar-refractivity contribution >= 4 is 0 Å². The SMILES string of the molecule is CC(NCC1CCCCC1)c1ccccc1O. The van der Waals surface area contributed by atoms with Gasteiger partial charge in [-0.05, 0) is 38.3 Å². The molecule has 17 heavy (non-hydrogen) atoms. The molecule has 1 aromatic rings. The molecular formula is C15H23NO. The average Bonchev–Trinajstić information content (AvgIpc) is 2.38. The van der Waals surface area contributed by atoms with E-state index in [9.17, 15) is 5.11 Å². The molecule has 0 saturated heterocycles. The molecule has 1 atom stereocenters. The molecule has 0 aromatic heterocycles. The molecule has 1 aromatic carbocycles. The van der Waals surface area contributed by atoms with Crippen LogP contribution in [0.15, 0.2) is 24.3 Å². The van der Waals surface area contributed by atoms with Gasteiger partial charge in [0.1, 0.15) is 5.75 Å². The summed E-state index contributed by atoms with van der Waals surface area (Å²) in [4.78, 5) is 0. The molecule has 0 radical (unpaired) electrons. The molecule has 0 spiro atoms. The lowest BCUT2D eigenvalue weighted by Crippen LogP contribution is -2.27. The first-order chi connectivity index (χ1) is 8.27. The quantitative estimate of drug-likeness (QED) is 0.832. The number of hydrogen-bond donors (Lipinski definition) is 2. The lowest BCUT2D eigenvalue weighted by atomic mass is 9.89. The molecule has 0 bridgehead atoms. The Bertz CT molecular complexity index is 345. The van der Waals surface area contributed by atoms with Crippen LogP contribution in [-0.4, -0.2) is 11.7 Å². The van der Waals surface area contributed by atoms with Gasteiger partial charge in [0, 0.05) is 11.6 Å². The van der Waals surface area contributed by atoms with Gasteiger partial charge in [0.05, 0.1) is 0 Å². The maximum absolute atomic E-state index is 9.78. The van der Waals surface area contributed by atoms with E-state index < -0.39 is 0 Å². The van der Waals surface area contributed by atoms with Crippen LogP contribution in [0.3, 0.4) is 0 Å². The van der Waals surface area contributed by atoms with E-state index in [1.807, 2.05) is 18.2 Å². The van der Waals surface area contributed by atoms with E-state index in [0.717, 1.165) is 18.0 Å². The molecule has 1 saturated carbocycles. The lowest BCUT2D eigenvalue weighted by molar-refractivity contribution is 0.330. The molecule has 2 nitrogen and oxygen atoms in total. The number of phenols is 1. The first-order valence-electron chi connectivity index (χ1n) is 6.78. The fourth-order valence-corrected chi connectivity index (χ4v) is 2.70. The van der Waals surface area contributed by atoms with Crippen LogP contribution < -0.4 is 5.32 Å². The number of phenolic OH excluding ortho intramolecular Hbond substituents is 1. The minimum atomic E-state index is 0.234. The number of para-hydroxylation sites is 1.